The maximum absolute atomic E-state index is 13.8. The molecule has 162 valence electrons. The van der Waals surface area contributed by atoms with Crippen LogP contribution in [0.2, 0.25) is 0 Å². The van der Waals surface area contributed by atoms with Crippen molar-refractivity contribution in [1.29, 1.82) is 0 Å². The van der Waals surface area contributed by atoms with Crippen LogP contribution in [-0.4, -0.2) is 44.6 Å². The van der Waals surface area contributed by atoms with Crippen molar-refractivity contribution in [3.8, 4) is 11.5 Å². The first-order valence-electron chi connectivity index (χ1n) is 8.51. The minimum absolute atomic E-state index is 0. The molecule has 0 radical (unpaired) electrons. The molecular formula is C19H22Cl2F4N2O2. The van der Waals surface area contributed by atoms with Crippen LogP contribution in [0.4, 0.5) is 17.6 Å². The fourth-order valence-electron chi connectivity index (χ4n) is 3.25. The number of alkyl halides is 3. The van der Waals surface area contributed by atoms with Gasteiger partial charge in [0.05, 0.1) is 13.2 Å². The Morgan fingerprint density at radius 2 is 1.55 bits per heavy atom. The van der Waals surface area contributed by atoms with Crippen LogP contribution in [0.5, 0.6) is 11.5 Å². The highest BCUT2D eigenvalue weighted by Crippen LogP contribution is 2.33. The first kappa shape index (κ1) is 25.3. The summed E-state index contributed by atoms with van der Waals surface area (Å²) >= 11 is 0. The van der Waals surface area contributed by atoms with Gasteiger partial charge in [-0.25, -0.2) is 4.39 Å². The van der Waals surface area contributed by atoms with E-state index >= 15 is 0 Å². The minimum atomic E-state index is -4.73. The second-order valence-electron chi connectivity index (χ2n) is 6.20. The number of methoxy groups -OCH3 is 1. The van der Waals surface area contributed by atoms with Crippen LogP contribution in [-0.2, 0) is 0 Å². The molecule has 1 heterocycles. The zero-order chi connectivity index (χ0) is 19.4. The molecule has 2 aromatic rings. The topological polar surface area (TPSA) is 33.7 Å². The summed E-state index contributed by atoms with van der Waals surface area (Å²) in [6.45, 7) is 3.10. The van der Waals surface area contributed by atoms with E-state index < -0.39 is 12.2 Å². The fraction of sp³-hybridized carbons (Fsp3) is 0.368. The second kappa shape index (κ2) is 10.9. The molecule has 0 amide bonds. The zero-order valence-electron chi connectivity index (χ0n) is 15.5. The van der Waals surface area contributed by atoms with E-state index in [0.29, 0.717) is 0 Å². The Labute approximate surface area is 179 Å². The molecule has 4 nitrogen and oxygen atoms in total. The minimum Gasteiger partial charge on any atom is -0.494 e. The van der Waals surface area contributed by atoms with Crippen molar-refractivity contribution >= 4 is 24.8 Å². The quantitative estimate of drug-likeness (QED) is 0.668. The predicted octanol–water partition coefficient (Wildman–Crippen LogP) is 4.57. The average molecular weight is 457 g/mol. The summed E-state index contributed by atoms with van der Waals surface area (Å²) in [5.41, 5.74) is 1.60. The number of nitrogens with zero attached hydrogens (tertiary/aromatic N) is 1. The van der Waals surface area contributed by atoms with E-state index in [0.717, 1.165) is 37.3 Å². The van der Waals surface area contributed by atoms with Gasteiger partial charge in [-0.2, -0.15) is 0 Å². The number of piperazine rings is 1. The Kier molecular flexibility index (Phi) is 9.48. The highest BCUT2D eigenvalue weighted by Gasteiger charge is 2.31. The van der Waals surface area contributed by atoms with E-state index in [9.17, 15) is 17.6 Å². The number of rotatable bonds is 5. The molecule has 0 unspecified atom stereocenters. The van der Waals surface area contributed by atoms with Gasteiger partial charge in [0.15, 0.2) is 11.6 Å². The summed E-state index contributed by atoms with van der Waals surface area (Å²) in [5.74, 6) is -0.610. The van der Waals surface area contributed by atoms with Gasteiger partial charge in [-0.15, -0.1) is 38.0 Å². The number of benzene rings is 2. The summed E-state index contributed by atoms with van der Waals surface area (Å²) in [4.78, 5) is 2.20. The number of ether oxygens (including phenoxy) is 2. The van der Waals surface area contributed by atoms with Gasteiger partial charge in [-0.3, -0.25) is 4.90 Å². The molecule has 0 saturated carbocycles. The Hall–Kier alpha value is -1.74. The molecule has 0 bridgehead atoms. The fourth-order valence-corrected chi connectivity index (χ4v) is 3.25. The molecule has 1 fully saturated rings. The normalized spacial score (nSPS) is 15.6. The predicted molar refractivity (Wildman–Crippen MR) is 107 cm³/mol. The van der Waals surface area contributed by atoms with Crippen molar-refractivity contribution in [1.82, 2.24) is 10.2 Å². The van der Waals surface area contributed by atoms with Gasteiger partial charge in [-0.1, -0.05) is 18.2 Å². The molecule has 1 aliphatic rings. The summed E-state index contributed by atoms with van der Waals surface area (Å²) in [5, 5.41) is 3.27. The third kappa shape index (κ3) is 6.64. The van der Waals surface area contributed by atoms with Crippen LogP contribution in [0.25, 0.3) is 0 Å². The monoisotopic (exact) mass is 456 g/mol. The van der Waals surface area contributed by atoms with Crippen LogP contribution in [0.15, 0.2) is 42.5 Å². The zero-order valence-corrected chi connectivity index (χ0v) is 17.2. The third-order valence-electron chi connectivity index (χ3n) is 4.44. The summed E-state index contributed by atoms with van der Waals surface area (Å²) in [7, 11) is 1.39. The molecule has 2 aromatic carbocycles. The largest absolute Gasteiger partial charge is 0.573 e. The molecule has 0 aliphatic carbocycles. The second-order valence-corrected chi connectivity index (χ2v) is 6.20. The van der Waals surface area contributed by atoms with Crippen LogP contribution in [0.3, 0.4) is 0 Å². The van der Waals surface area contributed by atoms with Crippen molar-refractivity contribution < 1.29 is 27.0 Å². The lowest BCUT2D eigenvalue weighted by atomic mass is 9.96. The molecule has 1 saturated heterocycles. The van der Waals surface area contributed by atoms with Gasteiger partial charge in [0.2, 0.25) is 0 Å². The van der Waals surface area contributed by atoms with Crippen molar-refractivity contribution in [2.45, 2.75) is 12.4 Å². The van der Waals surface area contributed by atoms with Crippen LogP contribution >= 0.6 is 24.8 Å². The average Bonchev–Trinajstić information content (AvgIpc) is 2.64. The van der Waals surface area contributed by atoms with Gasteiger partial charge in [0.25, 0.3) is 0 Å². The highest BCUT2D eigenvalue weighted by molar-refractivity contribution is 5.85. The number of hydrogen-bond donors (Lipinski definition) is 1. The van der Waals surface area contributed by atoms with Gasteiger partial charge in [0, 0.05) is 26.2 Å². The molecule has 10 heteroatoms. The standard InChI is InChI=1S/C19H20F4N2O2.2ClH/c1-26-17-12-14(4-7-16(17)20)18(25-10-8-24-9-11-25)13-2-5-15(6-3-13)27-19(21,22)23;;/h2-7,12,18,24H,8-11H2,1H3;2*1H/t18-;;/m1../s1. The van der Waals surface area contributed by atoms with E-state index in [-0.39, 0.29) is 42.4 Å². The molecule has 0 aromatic heterocycles. The van der Waals surface area contributed by atoms with Crippen LogP contribution in [0.1, 0.15) is 17.2 Å². The van der Waals surface area contributed by atoms with Crippen molar-refractivity contribution in [2.75, 3.05) is 33.3 Å². The van der Waals surface area contributed by atoms with E-state index in [1.54, 1.807) is 24.3 Å². The first-order valence-corrected chi connectivity index (χ1v) is 8.51. The summed E-state index contributed by atoms with van der Waals surface area (Å²) in [6.07, 6.45) is -4.73. The lowest BCUT2D eigenvalue weighted by Crippen LogP contribution is -2.45. The van der Waals surface area contributed by atoms with Gasteiger partial charge in [0.1, 0.15) is 5.75 Å². The highest BCUT2D eigenvalue weighted by atomic mass is 35.5. The van der Waals surface area contributed by atoms with E-state index in [4.69, 9.17) is 4.74 Å². The lowest BCUT2D eigenvalue weighted by Gasteiger charge is -2.35. The molecule has 3 rings (SSSR count). The van der Waals surface area contributed by atoms with Gasteiger partial charge in [-0.05, 0) is 35.4 Å². The molecule has 1 aliphatic heterocycles. The van der Waals surface area contributed by atoms with Crippen molar-refractivity contribution in [3.05, 3.63) is 59.4 Å². The Balaban J connectivity index is 0.00000210. The Morgan fingerprint density at radius 1 is 0.966 bits per heavy atom. The third-order valence-corrected chi connectivity index (χ3v) is 4.44. The maximum Gasteiger partial charge on any atom is 0.573 e. The molecule has 1 N–H and O–H groups in total. The van der Waals surface area contributed by atoms with Crippen molar-refractivity contribution in [2.24, 2.45) is 0 Å². The summed E-state index contributed by atoms with van der Waals surface area (Å²) in [6, 6.07) is 10.2. The van der Waals surface area contributed by atoms with Gasteiger partial charge >= 0.3 is 6.36 Å². The van der Waals surface area contributed by atoms with E-state index in [2.05, 4.69) is 15.0 Å². The smallest absolute Gasteiger partial charge is 0.494 e. The molecule has 0 spiro atoms. The summed E-state index contributed by atoms with van der Waals surface area (Å²) < 4.78 is 60.0. The number of halogens is 6. The van der Waals surface area contributed by atoms with Gasteiger partial charge < -0.3 is 14.8 Å². The number of nitrogens with one attached hydrogen (secondary N) is 1. The molecule has 1 atom stereocenters. The maximum atomic E-state index is 13.8. The van der Waals surface area contributed by atoms with E-state index in [1.165, 1.54) is 25.3 Å². The number of hydrogen-bond acceptors (Lipinski definition) is 4. The SMILES string of the molecule is COc1cc([C@@H](c2ccc(OC(F)(F)F)cc2)N2CCNCC2)ccc1F.Cl.Cl. The van der Waals surface area contributed by atoms with Crippen molar-refractivity contribution in [3.63, 3.8) is 0 Å². The van der Waals surface area contributed by atoms with E-state index in [1.807, 2.05) is 0 Å². The van der Waals surface area contributed by atoms with Crippen LogP contribution in [0, 0.1) is 5.82 Å². The van der Waals surface area contributed by atoms with Crippen LogP contribution < -0.4 is 14.8 Å². The lowest BCUT2D eigenvalue weighted by molar-refractivity contribution is -0.274. The first-order chi connectivity index (χ1) is 12.9. The molecule has 29 heavy (non-hydrogen) atoms. The Morgan fingerprint density at radius 3 is 2.10 bits per heavy atom. The Bertz CT molecular complexity index is 770. The molecular weight excluding hydrogens is 435 g/mol.